The van der Waals surface area contributed by atoms with E-state index in [-0.39, 0.29) is 29.7 Å². The van der Waals surface area contributed by atoms with Gasteiger partial charge in [-0.1, -0.05) is 0 Å². The second-order valence-corrected chi connectivity index (χ2v) is 6.73. The molecule has 0 saturated carbocycles. The van der Waals surface area contributed by atoms with Crippen LogP contribution in [0.5, 0.6) is 5.75 Å². The fourth-order valence-electron chi connectivity index (χ4n) is 2.29. The first-order valence-corrected chi connectivity index (χ1v) is 7.77. The summed E-state index contributed by atoms with van der Waals surface area (Å²) in [6, 6.07) is 3.55. The van der Waals surface area contributed by atoms with Gasteiger partial charge in [0.25, 0.3) is 0 Å². The highest BCUT2D eigenvalue weighted by atomic mass is 32.2. The lowest BCUT2D eigenvalue weighted by Gasteiger charge is -2.16. The third-order valence-corrected chi connectivity index (χ3v) is 5.35. The highest BCUT2D eigenvalue weighted by Crippen LogP contribution is 2.32. The molecule has 1 aromatic carbocycles. The second kappa shape index (κ2) is 5.96. The molecule has 1 aliphatic rings. The van der Waals surface area contributed by atoms with Crippen molar-refractivity contribution in [3.8, 4) is 5.75 Å². The minimum Gasteiger partial charge on any atom is -0.490 e. The minimum atomic E-state index is -3.80. The highest BCUT2D eigenvalue weighted by molar-refractivity contribution is 7.89. The molecule has 0 aromatic heterocycles. The van der Waals surface area contributed by atoms with Crippen molar-refractivity contribution in [1.82, 2.24) is 4.31 Å². The van der Waals surface area contributed by atoms with Crippen molar-refractivity contribution in [1.29, 1.82) is 0 Å². The lowest BCUT2D eigenvalue weighted by Crippen LogP contribution is -2.29. The maximum Gasteiger partial charge on any atom is 0.312 e. The summed E-state index contributed by atoms with van der Waals surface area (Å²) in [5.74, 6) is -0.0818. The third kappa shape index (κ3) is 2.99. The summed E-state index contributed by atoms with van der Waals surface area (Å²) in [7, 11) is -2.52. The molecule has 116 valence electrons. The molecule has 8 nitrogen and oxygen atoms in total. The summed E-state index contributed by atoms with van der Waals surface area (Å²) in [6.07, 6.45) is 0.577. The maximum atomic E-state index is 12.5. The Morgan fingerprint density at radius 3 is 2.76 bits per heavy atom. The van der Waals surface area contributed by atoms with Crippen molar-refractivity contribution in [2.75, 3.05) is 26.8 Å². The van der Waals surface area contributed by atoms with E-state index in [1.165, 1.54) is 23.5 Å². The van der Waals surface area contributed by atoms with E-state index >= 15 is 0 Å². The number of ether oxygens (including phenoxy) is 1. The Kier molecular flexibility index (Phi) is 4.45. The van der Waals surface area contributed by atoms with Crippen LogP contribution in [0, 0.1) is 16.0 Å². The zero-order chi connectivity index (χ0) is 15.6. The van der Waals surface area contributed by atoms with E-state index in [0.717, 1.165) is 6.07 Å². The summed E-state index contributed by atoms with van der Waals surface area (Å²) in [4.78, 5) is 10.1. The number of rotatable bonds is 5. The lowest BCUT2D eigenvalue weighted by molar-refractivity contribution is -0.386. The molecular weight excluding hydrogens is 300 g/mol. The molecule has 1 saturated heterocycles. The number of sulfonamides is 1. The number of aliphatic hydroxyl groups is 1. The molecule has 0 aliphatic carbocycles. The summed E-state index contributed by atoms with van der Waals surface area (Å²) in [6.45, 7) is 0.445. The number of benzene rings is 1. The fourth-order valence-corrected chi connectivity index (χ4v) is 3.84. The molecule has 1 heterocycles. The monoisotopic (exact) mass is 316 g/mol. The van der Waals surface area contributed by atoms with E-state index in [4.69, 9.17) is 9.84 Å². The van der Waals surface area contributed by atoms with Gasteiger partial charge in [-0.15, -0.1) is 0 Å². The SMILES string of the molecule is COc1ccc(S(=O)(=O)N2CCC(CO)C2)cc1[N+](=O)[O-]. The predicted octanol–water partition coefficient (Wildman–Crippen LogP) is 0.606. The molecule has 0 spiro atoms. The molecular formula is C12H16N2O6S. The van der Waals surface area contributed by atoms with Crippen LogP contribution in [0.3, 0.4) is 0 Å². The van der Waals surface area contributed by atoms with Gasteiger partial charge >= 0.3 is 5.69 Å². The average Bonchev–Trinajstić information content (AvgIpc) is 2.96. The molecule has 21 heavy (non-hydrogen) atoms. The summed E-state index contributed by atoms with van der Waals surface area (Å²) < 4.78 is 31.0. The smallest absolute Gasteiger partial charge is 0.312 e. The van der Waals surface area contributed by atoms with Crippen molar-refractivity contribution in [2.24, 2.45) is 5.92 Å². The van der Waals surface area contributed by atoms with Crippen molar-refractivity contribution < 1.29 is 23.2 Å². The Morgan fingerprint density at radius 2 is 2.24 bits per heavy atom. The van der Waals surface area contributed by atoms with Crippen LogP contribution in [0.2, 0.25) is 0 Å². The van der Waals surface area contributed by atoms with Gasteiger partial charge in [-0.05, 0) is 24.5 Å². The molecule has 1 aliphatic heterocycles. The zero-order valence-corrected chi connectivity index (χ0v) is 12.2. The van der Waals surface area contributed by atoms with E-state index in [0.29, 0.717) is 13.0 Å². The molecule has 1 N–H and O–H groups in total. The van der Waals surface area contributed by atoms with Gasteiger partial charge in [0, 0.05) is 25.8 Å². The lowest BCUT2D eigenvalue weighted by atomic mass is 10.1. The van der Waals surface area contributed by atoms with Crippen LogP contribution < -0.4 is 4.74 Å². The van der Waals surface area contributed by atoms with Gasteiger partial charge in [0.05, 0.1) is 16.9 Å². The van der Waals surface area contributed by atoms with Crippen LogP contribution in [0.15, 0.2) is 23.1 Å². The first-order valence-electron chi connectivity index (χ1n) is 6.33. The Hall–Kier alpha value is -1.71. The zero-order valence-electron chi connectivity index (χ0n) is 11.4. The summed E-state index contributed by atoms with van der Waals surface area (Å²) in [5.41, 5.74) is -0.392. The molecule has 2 rings (SSSR count). The third-order valence-electron chi connectivity index (χ3n) is 3.49. The van der Waals surface area contributed by atoms with Crippen LogP contribution in [0.4, 0.5) is 5.69 Å². The second-order valence-electron chi connectivity index (χ2n) is 4.79. The largest absolute Gasteiger partial charge is 0.490 e. The molecule has 1 aromatic rings. The van der Waals surface area contributed by atoms with E-state index in [1.54, 1.807) is 0 Å². The quantitative estimate of drug-likeness (QED) is 0.629. The number of nitrogens with zero attached hydrogens (tertiary/aromatic N) is 2. The normalized spacial score (nSPS) is 19.6. The predicted molar refractivity (Wildman–Crippen MR) is 73.6 cm³/mol. The van der Waals surface area contributed by atoms with Gasteiger partial charge in [0.15, 0.2) is 5.75 Å². The molecule has 0 amide bonds. The average molecular weight is 316 g/mol. The number of methoxy groups -OCH3 is 1. The van der Waals surface area contributed by atoms with Gasteiger partial charge in [0.2, 0.25) is 10.0 Å². The molecule has 9 heteroatoms. The van der Waals surface area contributed by atoms with Crippen LogP contribution in [0.1, 0.15) is 6.42 Å². The highest BCUT2D eigenvalue weighted by Gasteiger charge is 2.33. The van der Waals surface area contributed by atoms with Crippen molar-refractivity contribution in [3.63, 3.8) is 0 Å². The van der Waals surface area contributed by atoms with Gasteiger partial charge in [-0.25, -0.2) is 8.42 Å². The fraction of sp³-hybridized carbons (Fsp3) is 0.500. The van der Waals surface area contributed by atoms with Gasteiger partial charge in [-0.3, -0.25) is 10.1 Å². The number of nitro groups is 1. The minimum absolute atomic E-state index is 0.00797. The molecule has 0 radical (unpaired) electrons. The van der Waals surface area contributed by atoms with Crippen molar-refractivity contribution in [3.05, 3.63) is 28.3 Å². The van der Waals surface area contributed by atoms with E-state index in [1.807, 2.05) is 0 Å². The number of aliphatic hydroxyl groups excluding tert-OH is 1. The number of hydrogen-bond acceptors (Lipinski definition) is 6. The van der Waals surface area contributed by atoms with Gasteiger partial charge in [-0.2, -0.15) is 4.31 Å². The van der Waals surface area contributed by atoms with Gasteiger partial charge in [0.1, 0.15) is 0 Å². The van der Waals surface area contributed by atoms with Crippen molar-refractivity contribution in [2.45, 2.75) is 11.3 Å². The van der Waals surface area contributed by atoms with Crippen LogP contribution in [-0.2, 0) is 10.0 Å². The van der Waals surface area contributed by atoms with Crippen molar-refractivity contribution >= 4 is 15.7 Å². The van der Waals surface area contributed by atoms with Crippen LogP contribution >= 0.6 is 0 Å². The van der Waals surface area contributed by atoms with E-state index in [2.05, 4.69) is 0 Å². The number of nitro benzene ring substituents is 1. The van der Waals surface area contributed by atoms with Crippen LogP contribution in [0.25, 0.3) is 0 Å². The molecule has 1 fully saturated rings. The van der Waals surface area contributed by atoms with Crippen LogP contribution in [-0.4, -0.2) is 49.6 Å². The first kappa shape index (κ1) is 15.7. The molecule has 1 atom stereocenters. The Bertz CT molecular complexity index is 645. The van der Waals surface area contributed by atoms with Gasteiger partial charge < -0.3 is 9.84 Å². The Labute approximate surface area is 122 Å². The topological polar surface area (TPSA) is 110 Å². The molecule has 0 bridgehead atoms. The van der Waals surface area contributed by atoms with E-state index < -0.39 is 20.6 Å². The summed E-state index contributed by atoms with van der Waals surface area (Å²) >= 11 is 0. The summed E-state index contributed by atoms with van der Waals surface area (Å²) in [5, 5.41) is 20.0. The maximum absolute atomic E-state index is 12.5. The Morgan fingerprint density at radius 1 is 1.52 bits per heavy atom. The van der Waals surface area contributed by atoms with E-state index in [9.17, 15) is 18.5 Å². The number of hydrogen-bond donors (Lipinski definition) is 1. The Balaban J connectivity index is 2.37. The standard InChI is InChI=1S/C12H16N2O6S/c1-20-12-3-2-10(6-11(12)14(16)17)21(18,19)13-5-4-9(7-13)8-15/h2-3,6,9,15H,4-5,7-8H2,1H3. The molecule has 1 unspecified atom stereocenters. The first-order chi connectivity index (χ1) is 9.90.